The predicted molar refractivity (Wildman–Crippen MR) is 108 cm³/mol. The lowest BCUT2D eigenvalue weighted by Crippen LogP contribution is -2.38. The van der Waals surface area contributed by atoms with Gasteiger partial charge in [-0.3, -0.25) is 9.59 Å². The molecule has 2 aromatic rings. The summed E-state index contributed by atoms with van der Waals surface area (Å²) < 4.78 is 5.83. The fourth-order valence-corrected chi connectivity index (χ4v) is 3.57. The fourth-order valence-electron chi connectivity index (χ4n) is 3.27. The number of benzene rings is 1. The molecule has 0 atom stereocenters. The van der Waals surface area contributed by atoms with E-state index in [0.29, 0.717) is 22.5 Å². The maximum Gasteiger partial charge on any atom is 0.293 e. The van der Waals surface area contributed by atoms with E-state index in [-0.39, 0.29) is 17.6 Å². The van der Waals surface area contributed by atoms with E-state index in [0.717, 1.165) is 19.6 Å². The second-order valence-electron chi connectivity index (χ2n) is 6.64. The molecular formula is C20H24BrN3O3. The third-order valence-corrected chi connectivity index (χ3v) is 5.19. The van der Waals surface area contributed by atoms with Crippen LogP contribution in [0.3, 0.4) is 0 Å². The van der Waals surface area contributed by atoms with Gasteiger partial charge in [0.1, 0.15) is 0 Å². The van der Waals surface area contributed by atoms with Crippen LogP contribution in [0.15, 0.2) is 45.5 Å². The van der Waals surface area contributed by atoms with Gasteiger partial charge in [-0.2, -0.15) is 0 Å². The molecule has 1 saturated heterocycles. The number of furan rings is 1. The Morgan fingerprint density at radius 1 is 1.15 bits per heavy atom. The summed E-state index contributed by atoms with van der Waals surface area (Å²) in [5.41, 5.74) is 1.02. The lowest BCUT2D eigenvalue weighted by Gasteiger charge is -2.26. The van der Waals surface area contributed by atoms with Crippen LogP contribution in [0.4, 0.5) is 5.69 Å². The van der Waals surface area contributed by atoms with Crippen molar-refractivity contribution >= 4 is 33.4 Å². The van der Waals surface area contributed by atoms with Crippen LogP contribution in [-0.2, 0) is 0 Å². The first kappa shape index (κ1) is 19.6. The van der Waals surface area contributed by atoms with Gasteiger partial charge in [0, 0.05) is 20.1 Å². The molecule has 0 saturated carbocycles. The molecule has 0 radical (unpaired) electrons. The number of carbonyl (C=O) groups is 2. The minimum absolute atomic E-state index is 0.178. The lowest BCUT2D eigenvalue weighted by atomic mass is 10.1. The van der Waals surface area contributed by atoms with E-state index in [4.69, 9.17) is 4.42 Å². The lowest BCUT2D eigenvalue weighted by molar-refractivity contribution is 0.0946. The molecule has 1 fully saturated rings. The molecule has 0 aliphatic carbocycles. The standard InChI is InChI=1S/C20H24BrN3O3/c1-23(20(26)17-9-10-18(21)27-17)16-8-4-3-7-15(16)19(25)22-11-14-24-12-5-2-6-13-24/h3-4,7-10H,2,5-6,11-14H2,1H3,(H,22,25). The molecule has 6 nitrogen and oxygen atoms in total. The summed E-state index contributed by atoms with van der Waals surface area (Å²) in [5.74, 6) is -0.276. The van der Waals surface area contributed by atoms with Crippen LogP contribution in [0, 0.1) is 0 Å². The molecule has 1 aromatic heterocycles. The summed E-state index contributed by atoms with van der Waals surface area (Å²) in [5, 5.41) is 2.97. The molecule has 1 N–H and O–H groups in total. The Kier molecular flexibility index (Phi) is 6.68. The van der Waals surface area contributed by atoms with Gasteiger partial charge in [-0.1, -0.05) is 18.6 Å². The molecule has 1 aliphatic rings. The molecule has 1 aliphatic heterocycles. The minimum Gasteiger partial charge on any atom is -0.444 e. The summed E-state index contributed by atoms with van der Waals surface area (Å²) in [7, 11) is 1.64. The predicted octanol–water partition coefficient (Wildman–Crippen LogP) is 3.53. The first-order valence-electron chi connectivity index (χ1n) is 9.19. The monoisotopic (exact) mass is 433 g/mol. The first-order valence-corrected chi connectivity index (χ1v) is 9.98. The number of piperidine rings is 1. The number of carbonyl (C=O) groups excluding carboxylic acids is 2. The van der Waals surface area contributed by atoms with Crippen molar-refractivity contribution in [3.8, 4) is 0 Å². The smallest absolute Gasteiger partial charge is 0.293 e. The zero-order chi connectivity index (χ0) is 19.2. The van der Waals surface area contributed by atoms with Crippen molar-refractivity contribution in [3.05, 3.63) is 52.4 Å². The van der Waals surface area contributed by atoms with E-state index < -0.39 is 0 Å². The highest BCUT2D eigenvalue weighted by molar-refractivity contribution is 9.10. The van der Waals surface area contributed by atoms with Gasteiger partial charge < -0.3 is 19.5 Å². The van der Waals surface area contributed by atoms with Gasteiger partial charge in [0.05, 0.1) is 11.3 Å². The van der Waals surface area contributed by atoms with Gasteiger partial charge >= 0.3 is 0 Å². The number of rotatable bonds is 6. The molecule has 144 valence electrons. The third-order valence-electron chi connectivity index (χ3n) is 4.76. The van der Waals surface area contributed by atoms with Gasteiger partial charge in [0.15, 0.2) is 10.4 Å². The van der Waals surface area contributed by atoms with E-state index in [1.54, 1.807) is 37.4 Å². The molecule has 1 aromatic carbocycles. The fraction of sp³-hybridized carbons (Fsp3) is 0.400. The zero-order valence-corrected chi connectivity index (χ0v) is 17.0. The van der Waals surface area contributed by atoms with Crippen molar-refractivity contribution in [3.63, 3.8) is 0 Å². The van der Waals surface area contributed by atoms with Gasteiger partial charge in [-0.15, -0.1) is 0 Å². The van der Waals surface area contributed by atoms with Crippen LogP contribution in [0.2, 0.25) is 0 Å². The second kappa shape index (κ2) is 9.19. The van der Waals surface area contributed by atoms with E-state index >= 15 is 0 Å². The van der Waals surface area contributed by atoms with Crippen LogP contribution in [0.1, 0.15) is 40.2 Å². The van der Waals surface area contributed by atoms with Gasteiger partial charge in [-0.05, 0) is 66.1 Å². The molecule has 7 heteroatoms. The van der Waals surface area contributed by atoms with Crippen LogP contribution in [-0.4, -0.2) is 49.9 Å². The van der Waals surface area contributed by atoms with Crippen LogP contribution < -0.4 is 10.2 Å². The topological polar surface area (TPSA) is 65.8 Å². The van der Waals surface area contributed by atoms with Gasteiger partial charge in [0.2, 0.25) is 0 Å². The van der Waals surface area contributed by atoms with Crippen LogP contribution in [0.5, 0.6) is 0 Å². The summed E-state index contributed by atoms with van der Waals surface area (Å²) in [6, 6.07) is 10.4. The normalized spacial score (nSPS) is 14.7. The Hall–Kier alpha value is -2.12. The number of likely N-dealkylation sites (tertiary alicyclic amines) is 1. The molecule has 0 spiro atoms. The number of amides is 2. The Balaban J connectivity index is 1.65. The summed E-state index contributed by atoms with van der Waals surface area (Å²) in [6.07, 6.45) is 3.75. The third kappa shape index (κ3) is 4.99. The van der Waals surface area contributed by atoms with Crippen LogP contribution in [0.25, 0.3) is 0 Å². The molecule has 2 amide bonds. The maximum atomic E-state index is 12.7. The highest BCUT2D eigenvalue weighted by Gasteiger charge is 2.22. The number of anilines is 1. The Bertz CT molecular complexity index is 799. The largest absolute Gasteiger partial charge is 0.444 e. The van der Waals surface area contributed by atoms with E-state index in [1.807, 2.05) is 6.07 Å². The van der Waals surface area contributed by atoms with Gasteiger partial charge in [0.25, 0.3) is 11.8 Å². The van der Waals surface area contributed by atoms with Crippen molar-refractivity contribution in [1.82, 2.24) is 10.2 Å². The Labute approximate surface area is 167 Å². The maximum absolute atomic E-state index is 12.7. The van der Waals surface area contributed by atoms with E-state index in [9.17, 15) is 9.59 Å². The summed E-state index contributed by atoms with van der Waals surface area (Å²) >= 11 is 3.20. The molecule has 2 heterocycles. The molecule has 0 bridgehead atoms. The summed E-state index contributed by atoms with van der Waals surface area (Å²) in [4.78, 5) is 29.1. The average molecular weight is 434 g/mol. The molecule has 0 unspecified atom stereocenters. The second-order valence-corrected chi connectivity index (χ2v) is 7.42. The number of nitrogens with one attached hydrogen (secondary N) is 1. The molecule has 3 rings (SSSR count). The number of para-hydroxylation sites is 1. The van der Waals surface area contributed by atoms with E-state index in [1.165, 1.54) is 24.2 Å². The number of hydrogen-bond donors (Lipinski definition) is 1. The van der Waals surface area contributed by atoms with Crippen molar-refractivity contribution in [2.24, 2.45) is 0 Å². The van der Waals surface area contributed by atoms with Crippen LogP contribution >= 0.6 is 15.9 Å². The number of halogens is 1. The summed E-state index contributed by atoms with van der Waals surface area (Å²) in [6.45, 7) is 3.64. The first-order chi connectivity index (χ1) is 13.1. The van der Waals surface area contributed by atoms with Crippen molar-refractivity contribution in [2.45, 2.75) is 19.3 Å². The Morgan fingerprint density at radius 2 is 1.89 bits per heavy atom. The molecule has 27 heavy (non-hydrogen) atoms. The highest BCUT2D eigenvalue weighted by atomic mass is 79.9. The van der Waals surface area contributed by atoms with Crippen molar-refractivity contribution in [1.29, 1.82) is 0 Å². The number of nitrogens with zero attached hydrogens (tertiary/aromatic N) is 2. The average Bonchev–Trinajstić information content (AvgIpc) is 3.14. The SMILES string of the molecule is CN(C(=O)c1ccc(Br)o1)c1ccccc1C(=O)NCCN1CCCCC1. The molecular weight excluding hydrogens is 410 g/mol. The van der Waals surface area contributed by atoms with E-state index in [2.05, 4.69) is 26.1 Å². The highest BCUT2D eigenvalue weighted by Crippen LogP contribution is 2.23. The quantitative estimate of drug-likeness (QED) is 0.756. The van der Waals surface area contributed by atoms with Crippen molar-refractivity contribution in [2.75, 3.05) is 38.1 Å². The zero-order valence-electron chi connectivity index (χ0n) is 15.4. The number of hydrogen-bond acceptors (Lipinski definition) is 4. The minimum atomic E-state index is -0.311. The van der Waals surface area contributed by atoms with Crippen molar-refractivity contribution < 1.29 is 14.0 Å². The Morgan fingerprint density at radius 3 is 2.59 bits per heavy atom. The van der Waals surface area contributed by atoms with Gasteiger partial charge in [-0.25, -0.2) is 0 Å².